The van der Waals surface area contributed by atoms with Crippen molar-refractivity contribution in [3.63, 3.8) is 0 Å². The zero-order valence-electron chi connectivity index (χ0n) is 15.1. The molecule has 4 heteroatoms. The number of carbonyl (C=O) groups excluding carboxylic acids is 1. The number of amides is 1. The van der Waals surface area contributed by atoms with Crippen molar-refractivity contribution in [1.29, 1.82) is 0 Å². The number of rotatable bonds is 6. The number of nitrogens with one attached hydrogen (secondary N) is 1. The van der Waals surface area contributed by atoms with Crippen LogP contribution in [-0.4, -0.2) is 25.0 Å². The van der Waals surface area contributed by atoms with Crippen molar-refractivity contribution < 1.29 is 4.79 Å². The Kier molecular flexibility index (Phi) is 6.35. The molecule has 1 saturated carbocycles. The summed E-state index contributed by atoms with van der Waals surface area (Å²) >= 11 is 6.67. The standard InChI is InChI=1S/C22H25ClN2O/c1-25(19-14-6-3-7-15-19)21(22(26)24-18-12-8-9-13-18)20(23)16-17-10-4-2-5-11-17/h2-7,10-11,14-16,18,21H,8-9,12-13H2,1H3,(H,24,26)/b20-16-/t21-/m0/s1. The van der Waals surface area contributed by atoms with E-state index >= 15 is 0 Å². The summed E-state index contributed by atoms with van der Waals surface area (Å²) in [6, 6.07) is 19.4. The summed E-state index contributed by atoms with van der Waals surface area (Å²) in [6.45, 7) is 0. The van der Waals surface area contributed by atoms with Gasteiger partial charge in [0.05, 0.1) is 5.03 Å². The van der Waals surface area contributed by atoms with E-state index in [2.05, 4.69) is 5.32 Å². The number of para-hydroxylation sites is 1. The molecule has 0 spiro atoms. The van der Waals surface area contributed by atoms with Crippen LogP contribution < -0.4 is 10.2 Å². The molecule has 1 atom stereocenters. The Balaban J connectivity index is 1.87. The summed E-state index contributed by atoms with van der Waals surface area (Å²) in [5.41, 5.74) is 1.94. The summed E-state index contributed by atoms with van der Waals surface area (Å²) in [7, 11) is 1.91. The molecular weight excluding hydrogens is 344 g/mol. The molecule has 0 heterocycles. The lowest BCUT2D eigenvalue weighted by molar-refractivity contribution is -0.122. The van der Waals surface area contributed by atoms with Crippen LogP contribution in [-0.2, 0) is 4.79 Å². The van der Waals surface area contributed by atoms with Crippen LogP contribution in [0.4, 0.5) is 5.69 Å². The summed E-state index contributed by atoms with van der Waals surface area (Å²) < 4.78 is 0. The molecule has 0 radical (unpaired) electrons. The first-order chi connectivity index (χ1) is 12.6. The largest absolute Gasteiger partial charge is 0.358 e. The van der Waals surface area contributed by atoms with Crippen LogP contribution in [0, 0.1) is 0 Å². The summed E-state index contributed by atoms with van der Waals surface area (Å²) in [6.07, 6.45) is 6.33. The summed E-state index contributed by atoms with van der Waals surface area (Å²) in [5.74, 6) is -0.0413. The summed E-state index contributed by atoms with van der Waals surface area (Å²) in [5, 5.41) is 3.70. The molecule has 0 unspecified atom stereocenters. The fourth-order valence-corrected chi connectivity index (χ4v) is 3.81. The lowest BCUT2D eigenvalue weighted by Crippen LogP contribution is -2.48. The van der Waals surface area contributed by atoms with Gasteiger partial charge in [0.25, 0.3) is 0 Å². The van der Waals surface area contributed by atoms with Crippen LogP contribution in [0.15, 0.2) is 65.7 Å². The van der Waals surface area contributed by atoms with Crippen LogP contribution >= 0.6 is 11.6 Å². The molecule has 1 amide bonds. The van der Waals surface area contributed by atoms with Crippen molar-refractivity contribution in [1.82, 2.24) is 5.32 Å². The molecule has 0 saturated heterocycles. The average Bonchev–Trinajstić information content (AvgIpc) is 3.16. The Morgan fingerprint density at radius 2 is 1.65 bits per heavy atom. The lowest BCUT2D eigenvalue weighted by atomic mass is 10.1. The Hall–Kier alpha value is -2.26. The molecule has 2 aromatic rings. The van der Waals surface area contributed by atoms with Crippen molar-refractivity contribution in [3.8, 4) is 0 Å². The fourth-order valence-electron chi connectivity index (χ4n) is 3.44. The predicted octanol–water partition coefficient (Wildman–Crippen LogP) is 4.83. The third-order valence-corrected chi connectivity index (χ3v) is 5.18. The van der Waals surface area contributed by atoms with E-state index in [4.69, 9.17) is 11.6 Å². The molecule has 26 heavy (non-hydrogen) atoms. The minimum absolute atomic E-state index is 0.0413. The molecule has 1 aliphatic rings. The van der Waals surface area contributed by atoms with Gasteiger partial charge in [-0.25, -0.2) is 0 Å². The van der Waals surface area contributed by atoms with Crippen LogP contribution in [0.25, 0.3) is 6.08 Å². The number of anilines is 1. The highest BCUT2D eigenvalue weighted by molar-refractivity contribution is 6.34. The summed E-state index contributed by atoms with van der Waals surface area (Å²) in [4.78, 5) is 15.0. The molecule has 0 aliphatic heterocycles. The number of hydrogen-bond donors (Lipinski definition) is 1. The first-order valence-electron chi connectivity index (χ1n) is 9.15. The first kappa shape index (κ1) is 18.5. The molecule has 2 aromatic carbocycles. The maximum absolute atomic E-state index is 13.1. The van der Waals surface area contributed by atoms with E-state index in [9.17, 15) is 4.79 Å². The highest BCUT2D eigenvalue weighted by Crippen LogP contribution is 2.25. The smallest absolute Gasteiger partial charge is 0.248 e. The number of halogens is 1. The second-order valence-corrected chi connectivity index (χ2v) is 7.22. The fraction of sp³-hybridized carbons (Fsp3) is 0.318. The van der Waals surface area contributed by atoms with Gasteiger partial charge in [-0.1, -0.05) is 73.0 Å². The lowest BCUT2D eigenvalue weighted by Gasteiger charge is -2.30. The maximum atomic E-state index is 13.1. The van der Waals surface area contributed by atoms with Gasteiger partial charge in [0.1, 0.15) is 6.04 Å². The van der Waals surface area contributed by atoms with Crippen molar-refractivity contribution in [2.45, 2.75) is 37.8 Å². The normalized spacial score (nSPS) is 16.3. The van der Waals surface area contributed by atoms with Gasteiger partial charge in [-0.2, -0.15) is 0 Å². The van der Waals surface area contributed by atoms with E-state index in [-0.39, 0.29) is 11.9 Å². The SMILES string of the molecule is CN(c1ccccc1)[C@H](C(=O)NC1CCCC1)/C(Cl)=C/c1ccccc1. The second-order valence-electron chi connectivity index (χ2n) is 6.78. The van der Waals surface area contributed by atoms with Gasteiger partial charge in [0, 0.05) is 18.8 Å². The molecular formula is C22H25ClN2O. The Bertz CT molecular complexity index is 739. The Morgan fingerprint density at radius 1 is 1.08 bits per heavy atom. The van der Waals surface area contributed by atoms with Gasteiger partial charge in [0.2, 0.25) is 5.91 Å². The quantitative estimate of drug-likeness (QED) is 0.792. The molecule has 0 aromatic heterocycles. The van der Waals surface area contributed by atoms with Gasteiger partial charge < -0.3 is 10.2 Å². The highest BCUT2D eigenvalue weighted by Gasteiger charge is 2.29. The van der Waals surface area contributed by atoms with Crippen LogP contribution in [0.5, 0.6) is 0 Å². The number of hydrogen-bond acceptors (Lipinski definition) is 2. The van der Waals surface area contributed by atoms with Crippen molar-refractivity contribution in [2.75, 3.05) is 11.9 Å². The number of likely N-dealkylation sites (N-methyl/N-ethyl adjacent to an activating group) is 1. The van der Waals surface area contributed by atoms with E-state index < -0.39 is 6.04 Å². The topological polar surface area (TPSA) is 32.3 Å². The third-order valence-electron chi connectivity index (χ3n) is 4.87. The average molecular weight is 369 g/mol. The highest BCUT2D eigenvalue weighted by atomic mass is 35.5. The monoisotopic (exact) mass is 368 g/mol. The number of benzene rings is 2. The Morgan fingerprint density at radius 3 is 2.27 bits per heavy atom. The van der Waals surface area contributed by atoms with Gasteiger partial charge >= 0.3 is 0 Å². The molecule has 0 bridgehead atoms. The van der Waals surface area contributed by atoms with E-state index in [0.29, 0.717) is 5.03 Å². The first-order valence-corrected chi connectivity index (χ1v) is 9.53. The zero-order chi connectivity index (χ0) is 18.4. The van der Waals surface area contributed by atoms with Crippen molar-refractivity contribution >= 4 is 29.3 Å². The van der Waals surface area contributed by atoms with Gasteiger partial charge in [0.15, 0.2) is 0 Å². The van der Waals surface area contributed by atoms with E-state index in [1.165, 1.54) is 12.8 Å². The molecule has 136 valence electrons. The maximum Gasteiger partial charge on any atom is 0.248 e. The zero-order valence-corrected chi connectivity index (χ0v) is 15.8. The molecule has 3 nitrogen and oxygen atoms in total. The van der Waals surface area contributed by atoms with Crippen LogP contribution in [0.1, 0.15) is 31.2 Å². The van der Waals surface area contributed by atoms with E-state index in [1.807, 2.05) is 78.7 Å². The number of nitrogens with zero attached hydrogens (tertiary/aromatic N) is 1. The molecule has 1 aliphatic carbocycles. The van der Waals surface area contributed by atoms with Gasteiger partial charge in [-0.05, 0) is 36.6 Å². The minimum Gasteiger partial charge on any atom is -0.358 e. The number of carbonyl (C=O) groups is 1. The van der Waals surface area contributed by atoms with Crippen LogP contribution in [0.2, 0.25) is 0 Å². The molecule has 1 fully saturated rings. The second kappa shape index (κ2) is 8.91. The van der Waals surface area contributed by atoms with Crippen molar-refractivity contribution in [2.24, 2.45) is 0 Å². The third kappa shape index (κ3) is 4.67. The van der Waals surface area contributed by atoms with E-state index in [0.717, 1.165) is 24.1 Å². The predicted molar refractivity (Wildman–Crippen MR) is 109 cm³/mol. The molecule has 1 N–H and O–H groups in total. The Labute approximate surface area is 160 Å². The molecule has 3 rings (SSSR count). The van der Waals surface area contributed by atoms with Gasteiger partial charge in [-0.15, -0.1) is 0 Å². The van der Waals surface area contributed by atoms with Gasteiger partial charge in [-0.3, -0.25) is 4.79 Å². The minimum atomic E-state index is -0.556. The van der Waals surface area contributed by atoms with Crippen molar-refractivity contribution in [3.05, 3.63) is 71.3 Å². The van der Waals surface area contributed by atoms with E-state index in [1.54, 1.807) is 0 Å². The van der Waals surface area contributed by atoms with Crippen LogP contribution in [0.3, 0.4) is 0 Å².